The summed E-state index contributed by atoms with van der Waals surface area (Å²) in [6.45, 7) is 0.0996. The third-order valence-corrected chi connectivity index (χ3v) is 4.93. The number of hydrogen-bond acceptors (Lipinski definition) is 7. The molecule has 0 spiro atoms. The van der Waals surface area contributed by atoms with E-state index in [0.717, 1.165) is 0 Å². The number of rotatable bonds is 8. The molecule has 0 aliphatic carbocycles. The first-order valence-corrected chi connectivity index (χ1v) is 9.80. The number of amides is 1. The van der Waals surface area contributed by atoms with Crippen LogP contribution in [0.4, 0.5) is 17.1 Å². The van der Waals surface area contributed by atoms with E-state index in [1.807, 2.05) is 0 Å². The number of ketones is 1. The molecule has 0 aliphatic heterocycles. The molecule has 3 aromatic rings. The zero-order chi connectivity index (χ0) is 24.1. The molecular formula is C23H20N4O6. The predicted octanol–water partition coefficient (Wildman–Crippen LogP) is 3.73. The van der Waals surface area contributed by atoms with Gasteiger partial charge in [-0.1, -0.05) is 30.3 Å². The van der Waals surface area contributed by atoms with Gasteiger partial charge in [0.05, 0.1) is 15.4 Å². The summed E-state index contributed by atoms with van der Waals surface area (Å²) in [5.74, 6) is -1.04. The lowest BCUT2D eigenvalue weighted by molar-refractivity contribution is -0.384. The summed E-state index contributed by atoms with van der Waals surface area (Å²) >= 11 is 0. The molecule has 3 aromatic carbocycles. The largest absolute Gasteiger partial charge is 0.372 e. The van der Waals surface area contributed by atoms with E-state index < -0.39 is 21.5 Å². The highest BCUT2D eigenvalue weighted by Gasteiger charge is 2.22. The van der Waals surface area contributed by atoms with Crippen molar-refractivity contribution in [1.29, 1.82) is 0 Å². The third-order valence-electron chi connectivity index (χ3n) is 4.93. The zero-order valence-corrected chi connectivity index (χ0v) is 17.8. The summed E-state index contributed by atoms with van der Waals surface area (Å²) in [6.07, 6.45) is 0. The number of nitrogens with one attached hydrogen (secondary N) is 1. The van der Waals surface area contributed by atoms with Crippen molar-refractivity contribution in [3.63, 3.8) is 0 Å². The van der Waals surface area contributed by atoms with Crippen LogP contribution in [0, 0.1) is 20.2 Å². The van der Waals surface area contributed by atoms with Crippen LogP contribution in [0.15, 0.2) is 66.7 Å². The quantitative estimate of drug-likeness (QED) is 0.315. The Morgan fingerprint density at radius 1 is 0.879 bits per heavy atom. The van der Waals surface area contributed by atoms with Crippen LogP contribution in [-0.4, -0.2) is 35.6 Å². The van der Waals surface area contributed by atoms with E-state index in [1.54, 1.807) is 31.1 Å². The van der Waals surface area contributed by atoms with Gasteiger partial charge in [0, 0.05) is 50.0 Å². The third kappa shape index (κ3) is 5.18. The maximum Gasteiger partial charge on any atom is 0.293 e. The number of carbonyl (C=O) groups excluding carboxylic acids is 2. The number of anilines is 1. The van der Waals surface area contributed by atoms with Gasteiger partial charge in [0.25, 0.3) is 17.3 Å². The first-order valence-electron chi connectivity index (χ1n) is 9.80. The summed E-state index contributed by atoms with van der Waals surface area (Å²) in [5.41, 5.74) is 1.02. The van der Waals surface area contributed by atoms with Crippen LogP contribution in [0.3, 0.4) is 0 Å². The minimum absolute atomic E-state index is 0.0598. The highest BCUT2D eigenvalue weighted by molar-refractivity contribution is 6.15. The molecule has 0 atom stereocenters. The Balaban J connectivity index is 1.84. The smallest absolute Gasteiger partial charge is 0.293 e. The number of nitrogens with zero attached hydrogens (tertiary/aromatic N) is 3. The molecule has 33 heavy (non-hydrogen) atoms. The van der Waals surface area contributed by atoms with Crippen LogP contribution in [-0.2, 0) is 6.54 Å². The molecule has 0 radical (unpaired) electrons. The average Bonchev–Trinajstić information content (AvgIpc) is 2.81. The van der Waals surface area contributed by atoms with E-state index in [2.05, 4.69) is 5.32 Å². The van der Waals surface area contributed by atoms with E-state index in [9.17, 15) is 29.8 Å². The number of non-ortho nitro benzene ring substituents is 1. The second-order valence-corrected chi connectivity index (χ2v) is 7.34. The maximum absolute atomic E-state index is 13.1. The number of hydrogen-bond donors (Lipinski definition) is 1. The molecule has 0 fully saturated rings. The minimum Gasteiger partial charge on any atom is -0.372 e. The lowest BCUT2D eigenvalue weighted by Gasteiger charge is -2.14. The topological polar surface area (TPSA) is 136 Å². The zero-order valence-electron chi connectivity index (χ0n) is 17.8. The molecule has 0 unspecified atom stereocenters. The van der Waals surface area contributed by atoms with Gasteiger partial charge in [-0.2, -0.15) is 0 Å². The molecule has 0 saturated carbocycles. The minimum atomic E-state index is -0.561. The first-order chi connectivity index (χ1) is 15.7. The normalized spacial score (nSPS) is 10.4. The van der Waals surface area contributed by atoms with E-state index in [1.165, 1.54) is 54.6 Å². The molecule has 0 bridgehead atoms. The molecule has 168 valence electrons. The van der Waals surface area contributed by atoms with Gasteiger partial charge in [-0.25, -0.2) is 0 Å². The molecule has 1 N–H and O–H groups in total. The van der Waals surface area contributed by atoms with Crippen molar-refractivity contribution in [1.82, 2.24) is 5.32 Å². The number of nitro benzene ring substituents is 2. The Morgan fingerprint density at radius 2 is 1.52 bits per heavy atom. The van der Waals surface area contributed by atoms with Crippen molar-refractivity contribution >= 4 is 28.8 Å². The Hall–Kier alpha value is -4.60. The molecule has 0 aliphatic rings. The van der Waals surface area contributed by atoms with Crippen LogP contribution in [0.1, 0.15) is 31.8 Å². The molecule has 0 heterocycles. The summed E-state index contributed by atoms with van der Waals surface area (Å²) in [6, 6.07) is 16.1. The molecule has 1 amide bonds. The highest BCUT2D eigenvalue weighted by Crippen LogP contribution is 2.29. The fourth-order valence-electron chi connectivity index (χ4n) is 3.24. The van der Waals surface area contributed by atoms with Crippen molar-refractivity contribution in [3.05, 3.63) is 109 Å². The highest BCUT2D eigenvalue weighted by atomic mass is 16.6. The standard InChI is InChI=1S/C23H20N4O6/c1-25(2)20-12-9-16(13-21(20)27(32)33)22(28)18-5-3-4-6-19(18)23(29)24-14-15-7-10-17(11-8-15)26(30)31/h3-13H,14H2,1-2H3,(H,24,29). The van der Waals surface area contributed by atoms with Crippen molar-refractivity contribution in [3.8, 4) is 0 Å². The molecular weight excluding hydrogens is 428 g/mol. The SMILES string of the molecule is CN(C)c1ccc(C(=O)c2ccccc2C(=O)NCc2ccc([N+](=O)[O-])cc2)cc1[N+](=O)[O-]. The monoisotopic (exact) mass is 448 g/mol. The summed E-state index contributed by atoms with van der Waals surface area (Å²) in [5, 5.41) is 24.9. The van der Waals surface area contributed by atoms with E-state index in [4.69, 9.17) is 0 Å². The van der Waals surface area contributed by atoms with Gasteiger partial charge in [0.15, 0.2) is 5.78 Å². The van der Waals surface area contributed by atoms with Crippen molar-refractivity contribution in [2.24, 2.45) is 0 Å². The second-order valence-electron chi connectivity index (χ2n) is 7.34. The summed E-state index contributed by atoms with van der Waals surface area (Å²) in [4.78, 5) is 48.6. The predicted molar refractivity (Wildman–Crippen MR) is 122 cm³/mol. The summed E-state index contributed by atoms with van der Waals surface area (Å²) < 4.78 is 0. The lowest BCUT2D eigenvalue weighted by Crippen LogP contribution is -2.25. The lowest BCUT2D eigenvalue weighted by atomic mass is 9.97. The van der Waals surface area contributed by atoms with E-state index >= 15 is 0 Å². The maximum atomic E-state index is 13.1. The van der Waals surface area contributed by atoms with E-state index in [-0.39, 0.29) is 34.6 Å². The first kappa shape index (κ1) is 23.1. The van der Waals surface area contributed by atoms with Gasteiger partial charge < -0.3 is 10.2 Å². The van der Waals surface area contributed by atoms with Crippen molar-refractivity contribution < 1.29 is 19.4 Å². The second kappa shape index (κ2) is 9.69. The molecule has 0 aromatic heterocycles. The van der Waals surface area contributed by atoms with E-state index in [0.29, 0.717) is 11.3 Å². The number of carbonyl (C=O) groups is 2. The number of nitro groups is 2. The van der Waals surface area contributed by atoms with Crippen LogP contribution in [0.5, 0.6) is 0 Å². The van der Waals surface area contributed by atoms with Crippen molar-refractivity contribution in [2.75, 3.05) is 19.0 Å². The summed E-state index contributed by atoms with van der Waals surface area (Å²) in [7, 11) is 3.32. The van der Waals surface area contributed by atoms with Crippen LogP contribution in [0.25, 0.3) is 0 Å². The molecule has 3 rings (SSSR count). The van der Waals surface area contributed by atoms with Gasteiger partial charge in [0.2, 0.25) is 0 Å². The van der Waals surface area contributed by atoms with Crippen LogP contribution in [0.2, 0.25) is 0 Å². The Labute approximate surface area is 188 Å². The average molecular weight is 448 g/mol. The Kier molecular flexibility index (Phi) is 6.77. The molecule has 0 saturated heterocycles. The van der Waals surface area contributed by atoms with Gasteiger partial charge in [-0.3, -0.25) is 29.8 Å². The van der Waals surface area contributed by atoms with Crippen LogP contribution < -0.4 is 10.2 Å². The Morgan fingerprint density at radius 3 is 2.09 bits per heavy atom. The van der Waals surface area contributed by atoms with Crippen LogP contribution >= 0.6 is 0 Å². The molecule has 10 heteroatoms. The van der Waals surface area contributed by atoms with Gasteiger partial charge >= 0.3 is 0 Å². The Bertz CT molecular complexity index is 1240. The number of benzene rings is 3. The van der Waals surface area contributed by atoms with Gasteiger partial charge in [-0.15, -0.1) is 0 Å². The molecule has 10 nitrogen and oxygen atoms in total. The fourth-order valence-corrected chi connectivity index (χ4v) is 3.24. The fraction of sp³-hybridized carbons (Fsp3) is 0.130. The van der Waals surface area contributed by atoms with Gasteiger partial charge in [-0.05, 0) is 23.8 Å². The van der Waals surface area contributed by atoms with Gasteiger partial charge in [0.1, 0.15) is 5.69 Å². The van der Waals surface area contributed by atoms with Crippen molar-refractivity contribution in [2.45, 2.75) is 6.54 Å².